The van der Waals surface area contributed by atoms with Gasteiger partial charge in [0.25, 0.3) is 5.91 Å². The van der Waals surface area contributed by atoms with Crippen molar-refractivity contribution >= 4 is 35.1 Å². The van der Waals surface area contributed by atoms with Crippen LogP contribution in [0.15, 0.2) is 54.6 Å². The molecule has 206 valence electrons. The summed E-state index contributed by atoms with van der Waals surface area (Å²) in [6.07, 6.45) is 0.0657. The van der Waals surface area contributed by atoms with E-state index in [4.69, 9.17) is 37.4 Å². The van der Waals surface area contributed by atoms with Crippen molar-refractivity contribution in [2.75, 3.05) is 40.5 Å². The van der Waals surface area contributed by atoms with Crippen LogP contribution in [0.25, 0.3) is 11.1 Å². The van der Waals surface area contributed by atoms with Crippen molar-refractivity contribution in [2.45, 2.75) is 19.0 Å². The van der Waals surface area contributed by atoms with Crippen molar-refractivity contribution in [1.29, 1.82) is 0 Å². The summed E-state index contributed by atoms with van der Waals surface area (Å²) in [6.45, 7) is 3.95. The number of ether oxygens (including phenoxy) is 3. The molecule has 0 aliphatic carbocycles. The van der Waals surface area contributed by atoms with Crippen molar-refractivity contribution in [1.82, 2.24) is 10.2 Å². The molecule has 0 unspecified atom stereocenters. The smallest absolute Gasteiger partial charge is 0.326 e. The van der Waals surface area contributed by atoms with Crippen LogP contribution in [0.2, 0.25) is 10.0 Å². The minimum Gasteiger partial charge on any atom is -0.496 e. The number of carboxylic acids is 1. The number of benzene rings is 3. The number of carboxylic acid groups (broad SMARTS) is 1. The van der Waals surface area contributed by atoms with E-state index in [1.807, 2.05) is 36.4 Å². The Morgan fingerprint density at radius 1 is 0.974 bits per heavy atom. The van der Waals surface area contributed by atoms with Crippen LogP contribution in [0, 0.1) is 0 Å². The minimum atomic E-state index is -1.18. The van der Waals surface area contributed by atoms with E-state index in [-0.39, 0.29) is 22.0 Å². The number of nitrogens with one attached hydrogen (secondary N) is 1. The van der Waals surface area contributed by atoms with E-state index >= 15 is 0 Å². The van der Waals surface area contributed by atoms with E-state index < -0.39 is 17.9 Å². The molecule has 0 aromatic heterocycles. The lowest BCUT2D eigenvalue weighted by Gasteiger charge is -2.27. The Kier molecular flexibility index (Phi) is 9.69. The first kappa shape index (κ1) is 28.7. The van der Waals surface area contributed by atoms with Gasteiger partial charge in [-0.2, -0.15) is 0 Å². The number of carbonyl (C=O) groups excluding carboxylic acids is 1. The summed E-state index contributed by atoms with van der Waals surface area (Å²) in [5.74, 6) is -0.466. The molecule has 1 saturated heterocycles. The zero-order valence-corrected chi connectivity index (χ0v) is 23.2. The Bertz CT molecular complexity index is 1280. The van der Waals surface area contributed by atoms with Crippen molar-refractivity contribution in [3.05, 3.63) is 81.3 Å². The summed E-state index contributed by atoms with van der Waals surface area (Å²) in [7, 11) is 3.24. The number of hydrogen-bond acceptors (Lipinski definition) is 6. The Morgan fingerprint density at radius 2 is 1.56 bits per heavy atom. The summed E-state index contributed by atoms with van der Waals surface area (Å²) >= 11 is 12.2. The molecule has 1 heterocycles. The molecule has 10 heteroatoms. The highest BCUT2D eigenvalue weighted by molar-refractivity contribution is 6.39. The largest absolute Gasteiger partial charge is 0.496 e. The molecule has 1 amide bonds. The van der Waals surface area contributed by atoms with Crippen LogP contribution in [0.3, 0.4) is 0 Å². The van der Waals surface area contributed by atoms with Gasteiger partial charge in [0.15, 0.2) is 0 Å². The highest BCUT2D eigenvalue weighted by atomic mass is 35.5. The van der Waals surface area contributed by atoms with E-state index in [0.717, 1.165) is 55.1 Å². The van der Waals surface area contributed by atoms with Crippen LogP contribution in [-0.2, 0) is 22.5 Å². The molecule has 1 fully saturated rings. The Balaban J connectivity index is 1.53. The van der Waals surface area contributed by atoms with Crippen LogP contribution < -0.4 is 14.8 Å². The number of hydrogen-bond donors (Lipinski definition) is 2. The fourth-order valence-corrected chi connectivity index (χ4v) is 5.12. The van der Waals surface area contributed by atoms with Crippen LogP contribution in [-0.4, -0.2) is 68.4 Å². The average molecular weight is 573 g/mol. The van der Waals surface area contributed by atoms with Crippen molar-refractivity contribution in [3.8, 4) is 22.6 Å². The number of carbonyl (C=O) groups is 2. The molecule has 2 N–H and O–H groups in total. The van der Waals surface area contributed by atoms with Gasteiger partial charge in [0.05, 0.1) is 48.6 Å². The van der Waals surface area contributed by atoms with Crippen molar-refractivity contribution < 1.29 is 28.9 Å². The number of morpholine rings is 1. The number of halogens is 2. The van der Waals surface area contributed by atoms with Gasteiger partial charge in [-0.15, -0.1) is 0 Å². The fourth-order valence-electron chi connectivity index (χ4n) is 4.55. The lowest BCUT2D eigenvalue weighted by atomic mass is 9.97. The molecular weight excluding hydrogens is 543 g/mol. The zero-order chi connectivity index (χ0) is 27.9. The van der Waals surface area contributed by atoms with E-state index in [1.165, 1.54) is 12.1 Å². The predicted molar refractivity (Wildman–Crippen MR) is 150 cm³/mol. The third-order valence-corrected chi connectivity index (χ3v) is 7.18. The molecule has 0 radical (unpaired) electrons. The van der Waals surface area contributed by atoms with E-state index in [9.17, 15) is 14.7 Å². The van der Waals surface area contributed by atoms with Gasteiger partial charge >= 0.3 is 5.97 Å². The number of aliphatic carboxylic acids is 1. The monoisotopic (exact) mass is 572 g/mol. The Labute approximate surface area is 237 Å². The first-order chi connectivity index (χ1) is 18.8. The summed E-state index contributed by atoms with van der Waals surface area (Å²) < 4.78 is 16.9. The molecule has 1 atom stereocenters. The van der Waals surface area contributed by atoms with Gasteiger partial charge < -0.3 is 24.6 Å². The second kappa shape index (κ2) is 13.2. The second-order valence-electron chi connectivity index (χ2n) is 9.13. The third-order valence-electron chi connectivity index (χ3n) is 6.55. The maximum absolute atomic E-state index is 12.7. The van der Waals surface area contributed by atoms with Crippen LogP contribution in [0.5, 0.6) is 11.5 Å². The van der Waals surface area contributed by atoms with Gasteiger partial charge in [0.1, 0.15) is 17.5 Å². The van der Waals surface area contributed by atoms with E-state index in [1.54, 1.807) is 20.3 Å². The van der Waals surface area contributed by atoms with Crippen LogP contribution in [0.1, 0.15) is 21.5 Å². The first-order valence-electron chi connectivity index (χ1n) is 12.4. The predicted octanol–water partition coefficient (Wildman–Crippen LogP) is 4.94. The SMILES string of the molecule is COc1cc(CN2CCOCC2)cc(OC)c1-c1ccc(C[C@H](NC(=O)c2c(Cl)cccc2Cl)C(=O)O)cc1. The van der Waals surface area contributed by atoms with E-state index in [0.29, 0.717) is 11.5 Å². The molecule has 4 rings (SSSR count). The minimum absolute atomic E-state index is 0.0405. The average Bonchev–Trinajstić information content (AvgIpc) is 2.93. The molecule has 1 aliphatic heterocycles. The number of methoxy groups -OCH3 is 2. The highest BCUT2D eigenvalue weighted by Gasteiger charge is 2.24. The summed E-state index contributed by atoms with van der Waals surface area (Å²) in [5, 5.41) is 12.6. The normalized spacial score (nSPS) is 14.5. The summed E-state index contributed by atoms with van der Waals surface area (Å²) in [5.41, 5.74) is 3.49. The topological polar surface area (TPSA) is 97.3 Å². The number of amides is 1. The van der Waals surface area contributed by atoms with Crippen molar-refractivity contribution in [3.63, 3.8) is 0 Å². The molecule has 3 aromatic rings. The van der Waals surface area contributed by atoms with Gasteiger partial charge in [-0.1, -0.05) is 53.5 Å². The first-order valence-corrected chi connectivity index (χ1v) is 13.2. The molecule has 1 aliphatic rings. The standard InChI is InChI=1S/C29H30Cl2N2O6/c1-37-24-15-19(17-33-10-12-39-13-11-33)16-25(38-2)26(24)20-8-6-18(7-9-20)14-23(29(35)36)32-28(34)27-21(30)4-3-5-22(27)31/h3-9,15-16,23H,10-14,17H2,1-2H3,(H,32,34)(H,35,36)/t23-/m0/s1. The fraction of sp³-hybridized carbons (Fsp3) is 0.310. The van der Waals surface area contributed by atoms with Gasteiger partial charge in [0, 0.05) is 26.1 Å². The zero-order valence-electron chi connectivity index (χ0n) is 21.7. The Morgan fingerprint density at radius 3 is 2.10 bits per heavy atom. The van der Waals surface area contributed by atoms with Gasteiger partial charge in [-0.3, -0.25) is 9.69 Å². The van der Waals surface area contributed by atoms with E-state index in [2.05, 4.69) is 10.2 Å². The van der Waals surface area contributed by atoms with Crippen LogP contribution >= 0.6 is 23.2 Å². The molecule has 39 heavy (non-hydrogen) atoms. The molecular formula is C29H30Cl2N2O6. The Hall–Kier alpha value is -3.30. The number of rotatable bonds is 10. The van der Waals surface area contributed by atoms with Gasteiger partial charge in [0.2, 0.25) is 0 Å². The maximum Gasteiger partial charge on any atom is 0.326 e. The maximum atomic E-state index is 12.7. The van der Waals surface area contributed by atoms with Gasteiger partial charge in [-0.05, 0) is 41.0 Å². The lowest BCUT2D eigenvalue weighted by Crippen LogP contribution is -2.42. The van der Waals surface area contributed by atoms with Crippen molar-refractivity contribution in [2.24, 2.45) is 0 Å². The molecule has 0 spiro atoms. The molecule has 3 aromatic carbocycles. The van der Waals surface area contributed by atoms with Crippen LogP contribution in [0.4, 0.5) is 0 Å². The quantitative estimate of drug-likeness (QED) is 0.355. The third kappa shape index (κ3) is 7.02. The second-order valence-corrected chi connectivity index (χ2v) is 9.94. The lowest BCUT2D eigenvalue weighted by molar-refractivity contribution is -0.139. The summed E-state index contributed by atoms with van der Waals surface area (Å²) in [6, 6.07) is 14.9. The molecule has 0 saturated carbocycles. The molecule has 8 nitrogen and oxygen atoms in total. The molecule has 0 bridgehead atoms. The highest BCUT2D eigenvalue weighted by Crippen LogP contribution is 2.40. The summed E-state index contributed by atoms with van der Waals surface area (Å²) in [4.78, 5) is 27.0. The number of nitrogens with zero attached hydrogens (tertiary/aromatic N) is 1. The van der Waals surface area contributed by atoms with Gasteiger partial charge in [-0.25, -0.2) is 4.79 Å².